The summed E-state index contributed by atoms with van der Waals surface area (Å²) >= 11 is 0. The van der Waals surface area contributed by atoms with Crippen molar-refractivity contribution in [2.75, 3.05) is 24.5 Å². The fourth-order valence-electron chi connectivity index (χ4n) is 27.3. The van der Waals surface area contributed by atoms with Crippen LogP contribution in [0.5, 0.6) is 0 Å². The van der Waals surface area contributed by atoms with Gasteiger partial charge in [-0.15, -0.1) is 0 Å². The van der Waals surface area contributed by atoms with E-state index in [9.17, 15) is 0 Å². The van der Waals surface area contributed by atoms with Crippen LogP contribution in [0.2, 0.25) is 0 Å². The highest BCUT2D eigenvalue weighted by atomic mass is 16.4. The Bertz CT molecular complexity index is 6410. The predicted molar refractivity (Wildman–Crippen MR) is 556 cm³/mol. The Kier molecular flexibility index (Phi) is 24.5. The Hall–Kier alpha value is -10.0. The molecule has 5 atom stereocenters. The number of rotatable bonds is 5. The van der Waals surface area contributed by atoms with Gasteiger partial charge in [-0.25, -0.2) is 15.0 Å². The van der Waals surface area contributed by atoms with Crippen LogP contribution >= 0.6 is 0 Å². The number of furan rings is 5. The average Bonchev–Trinajstić information content (AvgIpc) is 1.55. The van der Waals surface area contributed by atoms with E-state index in [1.54, 1.807) is 6.20 Å². The van der Waals surface area contributed by atoms with Gasteiger partial charge in [-0.05, 0) is 307 Å². The van der Waals surface area contributed by atoms with Gasteiger partial charge in [0.1, 0.15) is 11.2 Å². The summed E-state index contributed by atoms with van der Waals surface area (Å²) in [7, 11) is 0. The summed E-state index contributed by atoms with van der Waals surface area (Å²) in [5.74, 6) is 0. The third-order valence-corrected chi connectivity index (χ3v) is 33.0. The number of anilines is 5. The molecule has 5 aliphatic heterocycles. The van der Waals surface area contributed by atoms with Crippen LogP contribution < -0.4 is 24.5 Å². The van der Waals surface area contributed by atoms with E-state index in [2.05, 4.69) is 347 Å². The molecular formula is C117H154N8O5. The highest BCUT2D eigenvalue weighted by molar-refractivity contribution is 6.13. The van der Waals surface area contributed by atoms with Gasteiger partial charge in [-0.3, -0.25) is 0 Å². The zero-order valence-electron chi connectivity index (χ0n) is 81.6. The molecule has 0 bridgehead atoms. The molecular weight excluding hydrogens is 1600 g/mol. The van der Waals surface area contributed by atoms with E-state index in [1.165, 1.54) is 167 Å². The molecule has 8 aromatic heterocycles. The van der Waals surface area contributed by atoms with Gasteiger partial charge in [0.2, 0.25) is 17.1 Å². The highest BCUT2D eigenvalue weighted by Gasteiger charge is 2.58. The maximum Gasteiger partial charge on any atom is 0.227 e. The number of aryl methyl sites for hydroxylation is 6. The van der Waals surface area contributed by atoms with E-state index in [1.807, 2.05) is 31.3 Å². The average molecular weight is 1750 g/mol. The summed E-state index contributed by atoms with van der Waals surface area (Å²) in [4.78, 5) is 26.7. The molecule has 5 unspecified atom stereocenters. The Morgan fingerprint density at radius 1 is 0.262 bits per heavy atom. The Balaban J connectivity index is 0.000000124. The molecule has 2 saturated carbocycles. The number of para-hydroxylation sites is 2. The number of nitrogens with zero attached hydrogens (tertiary/aromatic N) is 8. The van der Waals surface area contributed by atoms with Crippen LogP contribution in [0.4, 0.5) is 28.4 Å². The number of hydrogen-bond donors (Lipinski definition) is 0. The van der Waals surface area contributed by atoms with Crippen molar-refractivity contribution in [3.63, 3.8) is 0 Å². The van der Waals surface area contributed by atoms with Crippen molar-refractivity contribution in [3.05, 3.63) is 191 Å². The first-order valence-electron chi connectivity index (χ1n) is 48.0. The van der Waals surface area contributed by atoms with E-state index < -0.39 is 0 Å². The molecule has 13 heteroatoms. The maximum absolute atomic E-state index is 6.45. The summed E-state index contributed by atoms with van der Waals surface area (Å²) in [5, 5.41) is 11.7. The molecule has 130 heavy (non-hydrogen) atoms. The normalized spacial score (nSPS) is 22.7. The van der Waals surface area contributed by atoms with Gasteiger partial charge in [0.15, 0.2) is 27.9 Å². The minimum absolute atomic E-state index is 0. The first-order valence-corrected chi connectivity index (χ1v) is 48.0. The van der Waals surface area contributed by atoms with Crippen LogP contribution in [0.3, 0.4) is 0 Å². The summed E-state index contributed by atoms with van der Waals surface area (Å²) in [6.45, 7) is 63.1. The van der Waals surface area contributed by atoms with Gasteiger partial charge in [0.05, 0.1) is 28.4 Å². The molecule has 2 aliphatic carbocycles. The number of fused-ring (bicyclic) bond motifs is 15. The lowest BCUT2D eigenvalue weighted by atomic mass is 9.68. The first kappa shape index (κ1) is 94.6. The van der Waals surface area contributed by atoms with E-state index >= 15 is 0 Å². The van der Waals surface area contributed by atoms with Crippen molar-refractivity contribution in [1.82, 2.24) is 15.0 Å². The second-order valence-corrected chi connectivity index (χ2v) is 45.5. The number of pyridine rings is 3. The molecule has 13 nitrogen and oxygen atoms in total. The van der Waals surface area contributed by atoms with E-state index in [-0.39, 0.29) is 66.2 Å². The number of benzene rings is 7. The van der Waals surface area contributed by atoms with Gasteiger partial charge in [-0.1, -0.05) is 199 Å². The van der Waals surface area contributed by atoms with Crippen molar-refractivity contribution in [2.45, 2.75) is 363 Å². The molecule has 692 valence electrons. The Labute approximate surface area is 777 Å². The lowest BCUT2D eigenvalue weighted by molar-refractivity contribution is 0.170. The fourth-order valence-corrected chi connectivity index (χ4v) is 27.3. The molecule has 0 radical (unpaired) electrons. The lowest BCUT2D eigenvalue weighted by Gasteiger charge is -2.41. The van der Waals surface area contributed by atoms with Crippen LogP contribution in [0.1, 0.15) is 298 Å². The molecule has 5 saturated heterocycles. The lowest BCUT2D eigenvalue weighted by Crippen LogP contribution is -2.44. The minimum Gasteiger partial charge on any atom is -0.454 e. The second-order valence-electron chi connectivity index (χ2n) is 45.5. The predicted octanol–water partition coefficient (Wildman–Crippen LogP) is 33.7. The van der Waals surface area contributed by atoms with Crippen LogP contribution in [0.15, 0.2) is 180 Å². The smallest absolute Gasteiger partial charge is 0.227 e. The Morgan fingerprint density at radius 2 is 0.515 bits per heavy atom. The fraction of sp³-hybridized carbons (Fsp3) is 0.513. The molecule has 0 N–H and O–H groups in total. The van der Waals surface area contributed by atoms with E-state index in [4.69, 9.17) is 22.1 Å². The van der Waals surface area contributed by atoms with E-state index in [0.29, 0.717) is 41.0 Å². The summed E-state index contributed by atoms with van der Waals surface area (Å²) in [6, 6.07) is 53.8. The third-order valence-electron chi connectivity index (χ3n) is 33.0. The monoisotopic (exact) mass is 1750 g/mol. The maximum atomic E-state index is 6.45. The van der Waals surface area contributed by atoms with Crippen LogP contribution in [0, 0.1) is 68.6 Å². The van der Waals surface area contributed by atoms with Crippen molar-refractivity contribution in [1.29, 1.82) is 0 Å². The molecule has 0 amide bonds. The molecule has 15 aromatic rings. The number of aromatic nitrogens is 3. The van der Waals surface area contributed by atoms with Crippen LogP contribution in [-0.4, -0.2) is 72.9 Å². The van der Waals surface area contributed by atoms with Gasteiger partial charge >= 0.3 is 0 Å². The van der Waals surface area contributed by atoms with Gasteiger partial charge < -0.3 is 46.6 Å². The molecule has 22 rings (SSSR count). The molecule has 7 fully saturated rings. The van der Waals surface area contributed by atoms with Crippen LogP contribution in [-0.2, 0) is 0 Å². The molecule has 2 spiro atoms. The van der Waals surface area contributed by atoms with E-state index in [0.717, 1.165) is 102 Å². The van der Waals surface area contributed by atoms with Crippen molar-refractivity contribution < 1.29 is 22.1 Å². The summed E-state index contributed by atoms with van der Waals surface area (Å²) < 4.78 is 31.7. The molecule has 7 aromatic carbocycles. The molecule has 13 heterocycles. The largest absolute Gasteiger partial charge is 0.454 e. The third kappa shape index (κ3) is 15.6. The molecule has 7 aliphatic rings. The van der Waals surface area contributed by atoms with Crippen molar-refractivity contribution in [2.24, 2.45) is 27.1 Å². The number of hydrogen-bond acceptors (Lipinski definition) is 13. The van der Waals surface area contributed by atoms with Crippen molar-refractivity contribution >= 4 is 139 Å². The SMILES string of the molecule is C.C.C.Cc1ccc2c(n1)oc1c(N3C(C)C(C)(C)CC3(C)C)c(C)ccc12.Cc1ccc2c(oc3ccccc32)c1N1C(C)C(C)(C)CC1(C)C.Cc1ccc2c(oc3ccccc32)c1N1C(C)C2(CCCCC2)CC1(C)C.Cc1ccc2c(oc3ncccc32)c1N1C(C)C(C)(C)CC1(C)C.Cc1ccc2c(oc3ncccc32)c1N1C(C)C2(CCCCC2)CC1(C)C. The van der Waals surface area contributed by atoms with Crippen molar-refractivity contribution in [3.8, 4) is 0 Å². The van der Waals surface area contributed by atoms with Gasteiger partial charge in [-0.2, -0.15) is 0 Å². The van der Waals surface area contributed by atoms with Crippen LogP contribution in [0.25, 0.3) is 110 Å². The first-order chi connectivity index (χ1) is 59.9. The standard InChI is InChI=1S/C25H31NO.C24H30N2O.C22H28N2O.C22H27NO.C21H26N2O.3CH4/c1-17-12-13-20-19-10-6-7-11-21(19)27-23(20)22(17)26-18(2)25(16-24(26,3)4)14-8-5-9-15-25;1-16-10-11-18-19-9-8-14-25-22(19)27-21(18)20(16)26-17(2)24(15-23(26,3)4)12-6-5-7-13-24;1-13-8-10-16-17-11-9-14(2)23-20(17)25-19(16)18(13)24-15(3)21(4,5)12-22(24,6)7;1-14-11-12-17-16-9-7-8-10-18(16)24-20(17)19(14)23-15(2)21(3,4)13-22(23,5)6;1-13-9-10-15-16-8-7-11-22-19(16)24-18(15)17(13)23-14(2)20(3,4)12-21(23,5)6;;;/h6-7,10-13,18H,5,8-9,14-16H2,1-4H3;8-11,14,17H,5-7,12-13,15H2,1-4H3;8-11,15H,12H2,1-7H3;7-12,15H,13H2,1-6H3;7-11,14H,12H2,1-6H3;3*1H4. The summed E-state index contributed by atoms with van der Waals surface area (Å²) in [5.41, 5.74) is 25.3. The second kappa shape index (κ2) is 33.6. The summed E-state index contributed by atoms with van der Waals surface area (Å²) in [6.07, 6.45) is 23.5. The quantitative estimate of drug-likeness (QED) is 0.163. The topological polar surface area (TPSA) is 121 Å². The van der Waals surface area contributed by atoms with Gasteiger partial charge in [0, 0.05) is 130 Å². The zero-order valence-corrected chi connectivity index (χ0v) is 81.6. The highest BCUT2D eigenvalue weighted by Crippen LogP contribution is 2.61. The Morgan fingerprint density at radius 3 is 0.823 bits per heavy atom. The minimum atomic E-state index is 0. The zero-order chi connectivity index (χ0) is 90.3. The van der Waals surface area contributed by atoms with Gasteiger partial charge in [0.25, 0.3) is 0 Å².